The molecule has 0 spiro atoms. The lowest BCUT2D eigenvalue weighted by Crippen LogP contribution is -2.27. The van der Waals surface area contributed by atoms with Crippen molar-refractivity contribution >= 4 is 5.69 Å². The minimum absolute atomic E-state index is 0.621. The maximum absolute atomic E-state index is 5.31. The summed E-state index contributed by atoms with van der Waals surface area (Å²) in [6, 6.07) is 9.06. The molecule has 1 saturated carbocycles. The van der Waals surface area contributed by atoms with E-state index in [1.807, 2.05) is 0 Å². The largest absolute Gasteiger partial charge is 0.444 e. The molecule has 112 valence electrons. The third kappa shape index (κ3) is 3.46. The van der Waals surface area contributed by atoms with Crippen molar-refractivity contribution in [1.29, 1.82) is 0 Å². The number of hydrogen-bond donors (Lipinski definition) is 1. The SMILES string of the molecule is CC(C)C1CCC(Nc2ccc(-c3cnco3)cc2)CC1. The summed E-state index contributed by atoms with van der Waals surface area (Å²) in [6.07, 6.45) is 8.49. The molecule has 3 heteroatoms. The van der Waals surface area contributed by atoms with Crippen LogP contribution in [-0.4, -0.2) is 11.0 Å². The molecule has 0 bridgehead atoms. The van der Waals surface area contributed by atoms with Gasteiger partial charge >= 0.3 is 0 Å². The number of nitrogens with zero attached hydrogens (tertiary/aromatic N) is 1. The first-order valence-electron chi connectivity index (χ1n) is 7.98. The van der Waals surface area contributed by atoms with Gasteiger partial charge in [0, 0.05) is 17.3 Å². The van der Waals surface area contributed by atoms with E-state index < -0.39 is 0 Å². The molecule has 0 atom stereocenters. The van der Waals surface area contributed by atoms with Crippen molar-refractivity contribution in [3.63, 3.8) is 0 Å². The molecule has 21 heavy (non-hydrogen) atoms. The molecule has 1 aliphatic carbocycles. The monoisotopic (exact) mass is 284 g/mol. The zero-order valence-electron chi connectivity index (χ0n) is 12.9. The highest BCUT2D eigenvalue weighted by Gasteiger charge is 2.22. The summed E-state index contributed by atoms with van der Waals surface area (Å²) in [5, 5.41) is 3.67. The number of nitrogens with one attached hydrogen (secondary N) is 1. The molecule has 1 aromatic heterocycles. The molecule has 1 fully saturated rings. The maximum atomic E-state index is 5.31. The molecule has 1 N–H and O–H groups in total. The fourth-order valence-electron chi connectivity index (χ4n) is 3.25. The van der Waals surface area contributed by atoms with Gasteiger partial charge in [-0.2, -0.15) is 0 Å². The van der Waals surface area contributed by atoms with Gasteiger partial charge in [-0.25, -0.2) is 4.98 Å². The summed E-state index contributed by atoms with van der Waals surface area (Å²) in [5.74, 6) is 2.56. The Labute approximate surface area is 126 Å². The Morgan fingerprint density at radius 1 is 1.10 bits per heavy atom. The van der Waals surface area contributed by atoms with E-state index >= 15 is 0 Å². The average Bonchev–Trinajstić information content (AvgIpc) is 3.03. The summed E-state index contributed by atoms with van der Waals surface area (Å²) in [6.45, 7) is 4.70. The summed E-state index contributed by atoms with van der Waals surface area (Å²) < 4.78 is 5.31. The average molecular weight is 284 g/mol. The second-order valence-corrected chi connectivity index (χ2v) is 6.44. The quantitative estimate of drug-likeness (QED) is 0.861. The van der Waals surface area contributed by atoms with Crippen LogP contribution in [0.2, 0.25) is 0 Å². The lowest BCUT2D eigenvalue weighted by molar-refractivity contribution is 0.267. The van der Waals surface area contributed by atoms with Crippen molar-refractivity contribution in [2.75, 3.05) is 5.32 Å². The van der Waals surface area contributed by atoms with Crippen LogP contribution in [0.25, 0.3) is 11.3 Å². The maximum Gasteiger partial charge on any atom is 0.181 e. The van der Waals surface area contributed by atoms with Crippen LogP contribution in [0.5, 0.6) is 0 Å². The Morgan fingerprint density at radius 2 is 1.81 bits per heavy atom. The van der Waals surface area contributed by atoms with Gasteiger partial charge in [-0.05, 0) is 61.8 Å². The predicted molar refractivity (Wildman–Crippen MR) is 86.1 cm³/mol. The van der Waals surface area contributed by atoms with E-state index in [-0.39, 0.29) is 0 Å². The van der Waals surface area contributed by atoms with Crippen molar-refractivity contribution in [2.24, 2.45) is 11.8 Å². The topological polar surface area (TPSA) is 38.1 Å². The first kappa shape index (κ1) is 14.2. The molecule has 0 saturated heterocycles. The van der Waals surface area contributed by atoms with Gasteiger partial charge in [-0.1, -0.05) is 13.8 Å². The molecular weight excluding hydrogens is 260 g/mol. The summed E-state index contributed by atoms with van der Waals surface area (Å²) in [4.78, 5) is 3.95. The van der Waals surface area contributed by atoms with E-state index in [0.717, 1.165) is 23.2 Å². The molecule has 1 aromatic carbocycles. The van der Waals surface area contributed by atoms with Crippen LogP contribution in [-0.2, 0) is 0 Å². The molecule has 0 aliphatic heterocycles. The number of anilines is 1. The van der Waals surface area contributed by atoms with Gasteiger partial charge < -0.3 is 9.73 Å². The van der Waals surface area contributed by atoms with Gasteiger partial charge in [-0.15, -0.1) is 0 Å². The van der Waals surface area contributed by atoms with Crippen LogP contribution >= 0.6 is 0 Å². The van der Waals surface area contributed by atoms with E-state index in [9.17, 15) is 0 Å². The van der Waals surface area contributed by atoms with Crippen molar-refractivity contribution < 1.29 is 4.42 Å². The van der Waals surface area contributed by atoms with Crippen LogP contribution in [0.1, 0.15) is 39.5 Å². The van der Waals surface area contributed by atoms with Gasteiger partial charge in [0.05, 0.1) is 6.20 Å². The number of oxazole rings is 1. The van der Waals surface area contributed by atoms with Gasteiger partial charge in [0.15, 0.2) is 12.2 Å². The van der Waals surface area contributed by atoms with E-state index in [4.69, 9.17) is 4.42 Å². The molecule has 3 nitrogen and oxygen atoms in total. The molecule has 2 aromatic rings. The second kappa shape index (κ2) is 6.33. The van der Waals surface area contributed by atoms with Crippen LogP contribution in [0, 0.1) is 11.8 Å². The highest BCUT2D eigenvalue weighted by molar-refractivity contribution is 5.60. The van der Waals surface area contributed by atoms with Gasteiger partial charge in [0.1, 0.15) is 0 Å². The number of aromatic nitrogens is 1. The Hall–Kier alpha value is -1.77. The second-order valence-electron chi connectivity index (χ2n) is 6.44. The predicted octanol–water partition coefficient (Wildman–Crippen LogP) is 4.97. The van der Waals surface area contributed by atoms with Crippen LogP contribution < -0.4 is 5.32 Å². The van der Waals surface area contributed by atoms with Crippen LogP contribution in [0.15, 0.2) is 41.3 Å². The Kier molecular flexibility index (Phi) is 4.28. The molecule has 3 rings (SSSR count). The van der Waals surface area contributed by atoms with Crippen molar-refractivity contribution in [2.45, 2.75) is 45.6 Å². The summed E-state index contributed by atoms with van der Waals surface area (Å²) >= 11 is 0. The summed E-state index contributed by atoms with van der Waals surface area (Å²) in [7, 11) is 0. The molecule has 0 amide bonds. The lowest BCUT2D eigenvalue weighted by Gasteiger charge is -2.31. The van der Waals surface area contributed by atoms with E-state index in [1.54, 1.807) is 6.20 Å². The van der Waals surface area contributed by atoms with Crippen LogP contribution in [0.4, 0.5) is 5.69 Å². The number of hydrogen-bond acceptors (Lipinski definition) is 3. The Balaban J connectivity index is 1.57. The number of rotatable bonds is 4. The fourth-order valence-corrected chi connectivity index (χ4v) is 3.25. The Morgan fingerprint density at radius 3 is 2.38 bits per heavy atom. The molecular formula is C18H24N2O. The third-order valence-corrected chi connectivity index (χ3v) is 4.69. The Bertz CT molecular complexity index is 537. The minimum atomic E-state index is 0.621. The van der Waals surface area contributed by atoms with Gasteiger partial charge in [0.25, 0.3) is 0 Å². The zero-order chi connectivity index (χ0) is 14.7. The third-order valence-electron chi connectivity index (χ3n) is 4.69. The van der Waals surface area contributed by atoms with E-state index in [2.05, 4.69) is 48.4 Å². The van der Waals surface area contributed by atoms with Gasteiger partial charge in [-0.3, -0.25) is 0 Å². The molecule has 0 unspecified atom stereocenters. The van der Waals surface area contributed by atoms with Crippen molar-refractivity contribution in [3.05, 3.63) is 36.9 Å². The highest BCUT2D eigenvalue weighted by Crippen LogP contribution is 2.31. The van der Waals surface area contributed by atoms with E-state index in [0.29, 0.717) is 6.04 Å². The molecule has 1 aliphatic rings. The minimum Gasteiger partial charge on any atom is -0.444 e. The smallest absolute Gasteiger partial charge is 0.181 e. The normalized spacial score (nSPS) is 22.4. The standard InChI is InChI=1S/C18H24N2O/c1-13(2)14-3-7-16(8-4-14)20-17-9-5-15(6-10-17)18-11-19-12-21-18/h5-6,9-14,16,20H,3-4,7-8H2,1-2H3. The van der Waals surface area contributed by atoms with Crippen molar-refractivity contribution in [3.8, 4) is 11.3 Å². The van der Waals surface area contributed by atoms with Gasteiger partial charge in [0.2, 0.25) is 0 Å². The van der Waals surface area contributed by atoms with Crippen molar-refractivity contribution in [1.82, 2.24) is 4.98 Å². The summed E-state index contributed by atoms with van der Waals surface area (Å²) in [5.41, 5.74) is 2.27. The van der Waals surface area contributed by atoms with E-state index in [1.165, 1.54) is 37.8 Å². The number of benzene rings is 1. The first-order chi connectivity index (χ1) is 10.2. The lowest BCUT2D eigenvalue weighted by atomic mass is 9.79. The first-order valence-corrected chi connectivity index (χ1v) is 7.98. The molecule has 1 heterocycles. The zero-order valence-corrected chi connectivity index (χ0v) is 12.9. The van der Waals surface area contributed by atoms with Crippen LogP contribution in [0.3, 0.4) is 0 Å². The highest BCUT2D eigenvalue weighted by atomic mass is 16.3. The fraction of sp³-hybridized carbons (Fsp3) is 0.500. The molecule has 0 radical (unpaired) electrons.